The van der Waals surface area contributed by atoms with Crippen molar-refractivity contribution in [3.8, 4) is 5.88 Å². The van der Waals surface area contributed by atoms with E-state index in [2.05, 4.69) is 27.1 Å². The maximum absolute atomic E-state index is 12.4. The van der Waals surface area contributed by atoms with E-state index < -0.39 is 0 Å². The van der Waals surface area contributed by atoms with Crippen molar-refractivity contribution in [3.05, 3.63) is 48.0 Å². The fourth-order valence-electron chi connectivity index (χ4n) is 3.00. The molecule has 1 N–H and O–H groups in total. The third kappa shape index (κ3) is 6.34. The molecular weight excluding hydrogens is 485 g/mol. The van der Waals surface area contributed by atoms with Crippen molar-refractivity contribution in [2.45, 2.75) is 19.9 Å². The zero-order chi connectivity index (χ0) is 19.8. The maximum atomic E-state index is 12.4. The summed E-state index contributed by atoms with van der Waals surface area (Å²) in [6, 6.07) is 7.31. The molecule has 29 heavy (non-hydrogen) atoms. The zero-order valence-electron chi connectivity index (χ0n) is 16.8. The summed E-state index contributed by atoms with van der Waals surface area (Å²) in [5.41, 5.74) is 1.05. The standard InChI is InChI=1S/C20H27N5O3.HI/c1-3-12-28-18-7-6-16(14-22-18)15-23-20(21-2)25-10-8-24(9-11-25)19(26)17-5-4-13-27-17;/h4-7,13-14H,3,8-12,15H2,1-2H3,(H,21,23);1H. The molecule has 1 fully saturated rings. The van der Waals surface area contributed by atoms with Crippen LogP contribution in [0.5, 0.6) is 5.88 Å². The molecular formula is C20H28IN5O3. The highest BCUT2D eigenvalue weighted by Gasteiger charge is 2.25. The number of nitrogens with zero attached hydrogens (tertiary/aromatic N) is 4. The molecule has 1 aliphatic rings. The van der Waals surface area contributed by atoms with Crippen LogP contribution in [-0.4, -0.2) is 66.5 Å². The van der Waals surface area contributed by atoms with E-state index in [1.54, 1.807) is 19.2 Å². The van der Waals surface area contributed by atoms with Crippen LogP contribution in [-0.2, 0) is 6.54 Å². The number of furan rings is 1. The zero-order valence-corrected chi connectivity index (χ0v) is 19.2. The predicted molar refractivity (Wildman–Crippen MR) is 122 cm³/mol. The van der Waals surface area contributed by atoms with Gasteiger partial charge in [0.15, 0.2) is 11.7 Å². The van der Waals surface area contributed by atoms with Gasteiger partial charge in [-0.2, -0.15) is 0 Å². The Morgan fingerprint density at radius 3 is 2.59 bits per heavy atom. The molecule has 0 radical (unpaired) electrons. The molecule has 3 rings (SSSR count). The van der Waals surface area contributed by atoms with Crippen molar-refractivity contribution in [1.82, 2.24) is 20.1 Å². The molecule has 0 bridgehead atoms. The minimum Gasteiger partial charge on any atom is -0.478 e. The number of hydrogen-bond acceptors (Lipinski definition) is 5. The van der Waals surface area contributed by atoms with Crippen molar-refractivity contribution in [2.75, 3.05) is 39.8 Å². The third-order valence-electron chi connectivity index (χ3n) is 4.51. The highest BCUT2D eigenvalue weighted by Crippen LogP contribution is 2.11. The highest BCUT2D eigenvalue weighted by molar-refractivity contribution is 14.0. The van der Waals surface area contributed by atoms with Crippen molar-refractivity contribution in [1.29, 1.82) is 0 Å². The average Bonchev–Trinajstić information content (AvgIpc) is 3.28. The number of pyridine rings is 1. The van der Waals surface area contributed by atoms with E-state index in [4.69, 9.17) is 9.15 Å². The number of guanidine groups is 1. The van der Waals surface area contributed by atoms with Gasteiger partial charge in [-0.05, 0) is 24.1 Å². The molecule has 2 aromatic rings. The van der Waals surface area contributed by atoms with Gasteiger partial charge < -0.3 is 24.3 Å². The summed E-state index contributed by atoms with van der Waals surface area (Å²) in [6.07, 6.45) is 4.29. The number of rotatable bonds is 6. The first-order valence-corrected chi connectivity index (χ1v) is 9.57. The smallest absolute Gasteiger partial charge is 0.289 e. The lowest BCUT2D eigenvalue weighted by Gasteiger charge is -2.36. The number of aromatic nitrogens is 1. The Kier molecular flexibility index (Phi) is 9.23. The number of carbonyl (C=O) groups excluding carboxylic acids is 1. The molecule has 0 spiro atoms. The lowest BCUT2D eigenvalue weighted by molar-refractivity contribution is 0.0657. The van der Waals surface area contributed by atoms with Crippen molar-refractivity contribution >= 4 is 35.8 Å². The van der Waals surface area contributed by atoms with Gasteiger partial charge in [0, 0.05) is 52.0 Å². The highest BCUT2D eigenvalue weighted by atomic mass is 127. The molecule has 0 aromatic carbocycles. The molecule has 1 aliphatic heterocycles. The first kappa shape index (κ1) is 23.0. The fourth-order valence-corrected chi connectivity index (χ4v) is 3.00. The summed E-state index contributed by atoms with van der Waals surface area (Å²) in [5, 5.41) is 3.36. The van der Waals surface area contributed by atoms with E-state index in [-0.39, 0.29) is 29.9 Å². The second-order valence-corrected chi connectivity index (χ2v) is 6.51. The number of piperazine rings is 1. The summed E-state index contributed by atoms with van der Waals surface area (Å²) in [6.45, 7) is 6.06. The Bertz CT molecular complexity index is 772. The van der Waals surface area contributed by atoms with Crippen LogP contribution < -0.4 is 10.1 Å². The molecule has 0 saturated carbocycles. The number of carbonyl (C=O) groups is 1. The monoisotopic (exact) mass is 513 g/mol. The minimum atomic E-state index is -0.0657. The summed E-state index contributed by atoms with van der Waals surface area (Å²) in [7, 11) is 1.77. The Morgan fingerprint density at radius 2 is 2.00 bits per heavy atom. The van der Waals surface area contributed by atoms with Gasteiger partial charge in [0.05, 0.1) is 12.9 Å². The Morgan fingerprint density at radius 1 is 1.24 bits per heavy atom. The second-order valence-electron chi connectivity index (χ2n) is 6.51. The van der Waals surface area contributed by atoms with E-state index >= 15 is 0 Å². The van der Waals surface area contributed by atoms with Gasteiger partial charge in [0.1, 0.15) is 0 Å². The fraction of sp³-hybridized carbons (Fsp3) is 0.450. The van der Waals surface area contributed by atoms with E-state index in [0.717, 1.165) is 17.9 Å². The molecule has 0 aliphatic carbocycles. The summed E-state index contributed by atoms with van der Waals surface area (Å²) in [4.78, 5) is 25.0. The molecule has 9 heteroatoms. The van der Waals surface area contributed by atoms with Crippen LogP contribution in [0.4, 0.5) is 0 Å². The number of halogens is 1. The van der Waals surface area contributed by atoms with Gasteiger partial charge in [-0.25, -0.2) is 4.98 Å². The Labute approximate surface area is 188 Å². The summed E-state index contributed by atoms with van der Waals surface area (Å²) < 4.78 is 10.7. The van der Waals surface area contributed by atoms with Crippen LogP contribution in [0.15, 0.2) is 46.1 Å². The summed E-state index contributed by atoms with van der Waals surface area (Å²) in [5.74, 6) is 1.78. The maximum Gasteiger partial charge on any atom is 0.289 e. The average molecular weight is 513 g/mol. The number of hydrogen-bond donors (Lipinski definition) is 1. The lowest BCUT2D eigenvalue weighted by atomic mass is 10.2. The van der Waals surface area contributed by atoms with Gasteiger partial charge in [0.2, 0.25) is 5.88 Å². The van der Waals surface area contributed by atoms with Crippen LogP contribution in [0, 0.1) is 0 Å². The number of ether oxygens (including phenoxy) is 1. The molecule has 158 valence electrons. The van der Waals surface area contributed by atoms with E-state index in [1.807, 2.05) is 23.2 Å². The summed E-state index contributed by atoms with van der Waals surface area (Å²) >= 11 is 0. The van der Waals surface area contributed by atoms with E-state index in [9.17, 15) is 4.79 Å². The van der Waals surface area contributed by atoms with Gasteiger partial charge in [-0.15, -0.1) is 24.0 Å². The molecule has 8 nitrogen and oxygen atoms in total. The molecule has 1 saturated heterocycles. The van der Waals surface area contributed by atoms with Gasteiger partial charge >= 0.3 is 0 Å². The van der Waals surface area contributed by atoms with Crippen LogP contribution in [0.3, 0.4) is 0 Å². The number of nitrogens with one attached hydrogen (secondary N) is 1. The second kappa shape index (κ2) is 11.6. The van der Waals surface area contributed by atoms with Crippen LogP contribution in [0.1, 0.15) is 29.5 Å². The van der Waals surface area contributed by atoms with Crippen molar-refractivity contribution < 1.29 is 13.9 Å². The lowest BCUT2D eigenvalue weighted by Crippen LogP contribution is -2.53. The first-order chi connectivity index (χ1) is 13.7. The molecule has 2 aromatic heterocycles. The SMILES string of the molecule is CCCOc1ccc(CNC(=NC)N2CCN(C(=O)c3ccco3)CC2)cn1.I. The van der Waals surface area contributed by atoms with Gasteiger partial charge in [0.25, 0.3) is 5.91 Å². The van der Waals surface area contributed by atoms with Crippen LogP contribution >= 0.6 is 24.0 Å². The van der Waals surface area contributed by atoms with E-state index in [1.165, 1.54) is 6.26 Å². The number of amides is 1. The topological polar surface area (TPSA) is 83.2 Å². The van der Waals surface area contributed by atoms with Gasteiger partial charge in [-0.1, -0.05) is 13.0 Å². The Balaban J connectivity index is 0.00000300. The van der Waals surface area contributed by atoms with Gasteiger partial charge in [-0.3, -0.25) is 9.79 Å². The quantitative estimate of drug-likeness (QED) is 0.364. The Hall–Kier alpha value is -2.30. The van der Waals surface area contributed by atoms with Crippen LogP contribution in [0.2, 0.25) is 0 Å². The molecule has 0 unspecified atom stereocenters. The largest absolute Gasteiger partial charge is 0.478 e. The molecule has 0 atom stereocenters. The minimum absolute atomic E-state index is 0. The van der Waals surface area contributed by atoms with Crippen LogP contribution in [0.25, 0.3) is 0 Å². The normalized spacial score (nSPS) is 14.3. The van der Waals surface area contributed by atoms with E-state index in [0.29, 0.717) is 51.0 Å². The van der Waals surface area contributed by atoms with Crippen molar-refractivity contribution in [2.24, 2.45) is 4.99 Å². The first-order valence-electron chi connectivity index (χ1n) is 9.57. The molecule has 1 amide bonds. The third-order valence-corrected chi connectivity index (χ3v) is 4.51. The predicted octanol–water partition coefficient (Wildman–Crippen LogP) is 2.61. The molecule has 3 heterocycles. The van der Waals surface area contributed by atoms with Crippen molar-refractivity contribution in [3.63, 3.8) is 0 Å². The number of aliphatic imine (C=N–C) groups is 1.